The van der Waals surface area contributed by atoms with E-state index < -0.39 is 0 Å². The van der Waals surface area contributed by atoms with Gasteiger partial charge in [-0.25, -0.2) is 4.98 Å². The van der Waals surface area contributed by atoms with Crippen molar-refractivity contribution in [2.75, 3.05) is 0 Å². The summed E-state index contributed by atoms with van der Waals surface area (Å²) in [6, 6.07) is 53.5. The molecule has 0 saturated heterocycles. The van der Waals surface area contributed by atoms with Gasteiger partial charge < -0.3 is 9.13 Å². The summed E-state index contributed by atoms with van der Waals surface area (Å²) in [5.74, 6) is 1.02. The number of hydrogen-bond donors (Lipinski definition) is 0. The van der Waals surface area contributed by atoms with Crippen LogP contribution in [-0.2, 0) is 0 Å². The van der Waals surface area contributed by atoms with Crippen LogP contribution in [0, 0.1) is 6.92 Å². The molecular formula is C44H27BN4. The van der Waals surface area contributed by atoms with Crippen LogP contribution >= 0.6 is 0 Å². The fourth-order valence-corrected chi connectivity index (χ4v) is 9.33. The summed E-state index contributed by atoms with van der Waals surface area (Å²) in [4.78, 5) is 5.39. The Morgan fingerprint density at radius 2 is 1.12 bits per heavy atom. The molecule has 0 aliphatic carbocycles. The predicted octanol–water partition coefficient (Wildman–Crippen LogP) is 8.34. The first-order valence-corrected chi connectivity index (χ1v) is 17.0. The zero-order valence-electron chi connectivity index (χ0n) is 26.7. The molecule has 0 fully saturated rings. The minimum Gasteiger partial charge on any atom is -0.309 e. The van der Waals surface area contributed by atoms with Crippen molar-refractivity contribution in [1.29, 1.82) is 0 Å². The molecule has 7 aromatic carbocycles. The average Bonchev–Trinajstić information content (AvgIpc) is 3.87. The molecule has 2 aliphatic heterocycles. The number of fused-ring (bicyclic) bond motifs is 12. The zero-order valence-corrected chi connectivity index (χ0v) is 26.7. The molecule has 0 N–H and O–H groups in total. The summed E-state index contributed by atoms with van der Waals surface area (Å²) in [7, 11) is 0. The first-order chi connectivity index (χ1) is 24.3. The van der Waals surface area contributed by atoms with Gasteiger partial charge in [0.1, 0.15) is 5.82 Å². The molecule has 4 nitrogen and oxygen atoms in total. The van der Waals surface area contributed by atoms with Crippen LogP contribution < -0.4 is 16.4 Å². The molecule has 226 valence electrons. The van der Waals surface area contributed by atoms with Gasteiger partial charge in [0.25, 0.3) is 0 Å². The molecule has 0 unspecified atom stereocenters. The molecule has 0 bridgehead atoms. The van der Waals surface area contributed by atoms with Crippen LogP contribution in [0.25, 0.3) is 82.8 Å². The number of nitrogens with zero attached hydrogens (tertiary/aromatic N) is 4. The number of aromatic nitrogens is 4. The SMILES string of the molecule is Cc1nc2c3c4ccccc4n(-c4ccccc4)c3cc3c2n1-c1cccc2c1B3c1cc3c(cc1-2)c1ccccc1n3-c1ccccc1. The minimum absolute atomic E-state index is 0.0885. The van der Waals surface area contributed by atoms with Crippen molar-refractivity contribution >= 4 is 77.7 Å². The first-order valence-electron chi connectivity index (χ1n) is 17.0. The van der Waals surface area contributed by atoms with E-state index in [0.717, 1.165) is 17.0 Å². The van der Waals surface area contributed by atoms with Gasteiger partial charge in [0.2, 0.25) is 6.71 Å². The van der Waals surface area contributed by atoms with E-state index in [4.69, 9.17) is 4.98 Å². The smallest absolute Gasteiger partial charge is 0.248 e. The van der Waals surface area contributed by atoms with Crippen LogP contribution in [0.2, 0.25) is 0 Å². The molecule has 0 spiro atoms. The van der Waals surface area contributed by atoms with Crippen LogP contribution in [0.3, 0.4) is 0 Å². The Bertz CT molecular complexity index is 3050. The Morgan fingerprint density at radius 1 is 0.490 bits per heavy atom. The van der Waals surface area contributed by atoms with E-state index in [9.17, 15) is 0 Å². The zero-order chi connectivity index (χ0) is 32.0. The first kappa shape index (κ1) is 25.7. The highest BCUT2D eigenvalue weighted by Crippen LogP contribution is 2.41. The molecule has 0 amide bonds. The van der Waals surface area contributed by atoms with E-state index in [2.05, 4.69) is 166 Å². The molecule has 5 heteroatoms. The second-order valence-electron chi connectivity index (χ2n) is 13.6. The standard InChI is InChI=1S/C44H27BN4/c1-26-46-43-41-31-18-9-11-21-37(31)49(28-15-6-3-7-16-28)40(41)25-35-44(43)47(26)38-22-12-19-30-32-23-33-29-17-8-10-20-36(29)48(27-13-4-2-5-14-27)39(33)24-34(32)45(35)42(30)38/h2-25H,1H3. The van der Waals surface area contributed by atoms with Crippen LogP contribution in [0.1, 0.15) is 5.82 Å². The monoisotopic (exact) mass is 622 g/mol. The lowest BCUT2D eigenvalue weighted by molar-refractivity contribution is 1.01. The van der Waals surface area contributed by atoms with Gasteiger partial charge in [-0.3, -0.25) is 4.57 Å². The molecule has 0 atom stereocenters. The van der Waals surface area contributed by atoms with Crippen molar-refractivity contribution in [2.45, 2.75) is 6.92 Å². The molecule has 0 saturated carbocycles. The van der Waals surface area contributed by atoms with Crippen molar-refractivity contribution in [2.24, 2.45) is 0 Å². The summed E-state index contributed by atoms with van der Waals surface area (Å²) >= 11 is 0. The predicted molar refractivity (Wildman–Crippen MR) is 205 cm³/mol. The fourth-order valence-electron chi connectivity index (χ4n) is 9.33. The number of para-hydroxylation sites is 4. The quantitative estimate of drug-likeness (QED) is 0.178. The highest BCUT2D eigenvalue weighted by Gasteiger charge is 2.42. The molecule has 5 heterocycles. The van der Waals surface area contributed by atoms with Gasteiger partial charge >= 0.3 is 0 Å². The van der Waals surface area contributed by atoms with E-state index in [1.54, 1.807) is 0 Å². The van der Waals surface area contributed by atoms with Crippen molar-refractivity contribution < 1.29 is 0 Å². The number of benzene rings is 7. The summed E-state index contributed by atoms with van der Waals surface area (Å²) in [5.41, 5.74) is 17.5. The third-order valence-corrected chi connectivity index (χ3v) is 11.2. The van der Waals surface area contributed by atoms with E-state index in [0.29, 0.717) is 0 Å². The van der Waals surface area contributed by atoms with Crippen molar-refractivity contribution in [3.8, 4) is 28.2 Å². The van der Waals surface area contributed by atoms with Gasteiger partial charge in [0.05, 0.1) is 33.1 Å². The van der Waals surface area contributed by atoms with Crippen LogP contribution in [0.5, 0.6) is 0 Å². The van der Waals surface area contributed by atoms with E-state index >= 15 is 0 Å². The normalized spacial score (nSPS) is 13.0. The van der Waals surface area contributed by atoms with Crippen LogP contribution in [0.4, 0.5) is 0 Å². The van der Waals surface area contributed by atoms with Gasteiger partial charge in [0.15, 0.2) is 0 Å². The Labute approximate surface area is 282 Å². The summed E-state index contributed by atoms with van der Waals surface area (Å²) in [5, 5.41) is 5.02. The number of imidazole rings is 1. The van der Waals surface area contributed by atoms with E-state index in [1.807, 2.05) is 0 Å². The van der Waals surface area contributed by atoms with Crippen molar-refractivity contribution in [3.05, 3.63) is 151 Å². The summed E-state index contributed by atoms with van der Waals surface area (Å²) < 4.78 is 7.31. The maximum Gasteiger partial charge on any atom is 0.248 e. The summed E-state index contributed by atoms with van der Waals surface area (Å²) in [6.45, 7) is 2.25. The van der Waals surface area contributed by atoms with Gasteiger partial charge in [-0.1, -0.05) is 90.4 Å². The van der Waals surface area contributed by atoms with Crippen LogP contribution in [0.15, 0.2) is 146 Å². The highest BCUT2D eigenvalue weighted by molar-refractivity contribution is 7.01. The molecule has 0 radical (unpaired) electrons. The lowest BCUT2D eigenvalue weighted by atomic mass is 9.37. The fraction of sp³-hybridized carbons (Fsp3) is 0.0227. The third kappa shape index (κ3) is 3.09. The third-order valence-electron chi connectivity index (χ3n) is 11.2. The van der Waals surface area contributed by atoms with Crippen molar-refractivity contribution in [1.82, 2.24) is 18.7 Å². The Kier molecular flexibility index (Phi) is 4.71. The molecule has 12 rings (SSSR count). The number of hydrogen-bond acceptors (Lipinski definition) is 1. The van der Waals surface area contributed by atoms with Gasteiger partial charge in [-0.05, 0) is 89.6 Å². The maximum atomic E-state index is 5.39. The van der Waals surface area contributed by atoms with Gasteiger partial charge in [-0.2, -0.15) is 0 Å². The Morgan fingerprint density at radius 3 is 1.88 bits per heavy atom. The lowest BCUT2D eigenvalue weighted by Crippen LogP contribution is -2.53. The Balaban J connectivity index is 1.25. The topological polar surface area (TPSA) is 27.7 Å². The molecule has 49 heavy (non-hydrogen) atoms. The second-order valence-corrected chi connectivity index (χ2v) is 13.6. The number of rotatable bonds is 2. The van der Waals surface area contributed by atoms with E-state index in [-0.39, 0.29) is 6.71 Å². The Hall–Kier alpha value is -6.33. The average molecular weight is 623 g/mol. The van der Waals surface area contributed by atoms with Gasteiger partial charge in [0, 0.05) is 38.6 Å². The van der Waals surface area contributed by atoms with Crippen molar-refractivity contribution in [3.63, 3.8) is 0 Å². The largest absolute Gasteiger partial charge is 0.309 e. The van der Waals surface area contributed by atoms with Gasteiger partial charge in [-0.15, -0.1) is 0 Å². The molecule has 2 aliphatic rings. The lowest BCUT2D eigenvalue weighted by Gasteiger charge is -2.24. The molecular weight excluding hydrogens is 595 g/mol. The maximum absolute atomic E-state index is 5.39. The summed E-state index contributed by atoms with van der Waals surface area (Å²) in [6.07, 6.45) is 0. The highest BCUT2D eigenvalue weighted by atomic mass is 15.1. The number of aryl methyl sites for hydroxylation is 1. The second kappa shape index (κ2) is 8.97. The molecule has 10 aromatic rings. The minimum atomic E-state index is 0.0885. The molecule has 3 aromatic heterocycles. The van der Waals surface area contributed by atoms with Crippen LogP contribution in [-0.4, -0.2) is 25.4 Å². The van der Waals surface area contributed by atoms with E-state index in [1.165, 1.54) is 88.0 Å².